The summed E-state index contributed by atoms with van der Waals surface area (Å²) >= 11 is 0. The number of nitrogens with one attached hydrogen (secondary N) is 2. The van der Waals surface area contributed by atoms with Crippen LogP contribution < -0.4 is 10.6 Å². The van der Waals surface area contributed by atoms with Gasteiger partial charge in [0.05, 0.1) is 18.8 Å². The highest BCUT2D eigenvalue weighted by Gasteiger charge is 2.24. The topological polar surface area (TPSA) is 76.0 Å². The number of fused-ring (bicyclic) bond motifs is 1. The van der Waals surface area contributed by atoms with Crippen molar-refractivity contribution in [3.05, 3.63) is 77.6 Å². The van der Waals surface area contributed by atoms with Gasteiger partial charge < -0.3 is 10.6 Å². The van der Waals surface area contributed by atoms with Crippen molar-refractivity contribution in [1.82, 2.24) is 20.4 Å². The molecule has 4 rings (SSSR count). The summed E-state index contributed by atoms with van der Waals surface area (Å²) in [6, 6.07) is 17.3. The molecule has 1 unspecified atom stereocenters. The van der Waals surface area contributed by atoms with Gasteiger partial charge in [0, 0.05) is 23.9 Å². The van der Waals surface area contributed by atoms with Crippen LogP contribution in [0, 0.1) is 0 Å². The zero-order valence-electron chi connectivity index (χ0n) is 16.4. The van der Waals surface area contributed by atoms with E-state index >= 15 is 0 Å². The Labute approximate surface area is 169 Å². The summed E-state index contributed by atoms with van der Waals surface area (Å²) in [6.07, 6.45) is 4.71. The molecule has 6 nitrogen and oxygen atoms in total. The molecular weight excluding hydrogens is 364 g/mol. The van der Waals surface area contributed by atoms with E-state index in [9.17, 15) is 9.59 Å². The van der Waals surface area contributed by atoms with Gasteiger partial charge in [-0.05, 0) is 42.5 Å². The van der Waals surface area contributed by atoms with Crippen molar-refractivity contribution in [2.45, 2.75) is 25.3 Å². The third-order valence-electron chi connectivity index (χ3n) is 5.37. The van der Waals surface area contributed by atoms with Crippen LogP contribution in [0.1, 0.15) is 40.5 Å². The fraction of sp³-hybridized carbons (Fsp3) is 0.261. The van der Waals surface area contributed by atoms with Gasteiger partial charge in [-0.2, -0.15) is 5.10 Å². The van der Waals surface area contributed by atoms with Crippen molar-refractivity contribution in [3.63, 3.8) is 0 Å². The number of amides is 2. The molecule has 29 heavy (non-hydrogen) atoms. The van der Waals surface area contributed by atoms with Crippen LogP contribution in [-0.2, 0) is 18.3 Å². The zero-order chi connectivity index (χ0) is 20.2. The number of carbonyl (C=O) groups excluding carboxylic acids is 2. The third-order valence-corrected chi connectivity index (χ3v) is 5.37. The predicted molar refractivity (Wildman–Crippen MR) is 111 cm³/mol. The molecule has 0 saturated heterocycles. The molecule has 0 spiro atoms. The molecule has 3 aromatic rings. The van der Waals surface area contributed by atoms with Crippen molar-refractivity contribution in [1.29, 1.82) is 0 Å². The van der Waals surface area contributed by atoms with Gasteiger partial charge >= 0.3 is 0 Å². The molecule has 148 valence electrons. The summed E-state index contributed by atoms with van der Waals surface area (Å²) < 4.78 is 1.87. The quantitative estimate of drug-likeness (QED) is 0.705. The fourth-order valence-electron chi connectivity index (χ4n) is 3.81. The van der Waals surface area contributed by atoms with E-state index in [0.717, 1.165) is 36.0 Å². The standard InChI is InChI=1S/C23H24N4O2/c1-27-21-9-5-8-20(19(21)14-25-27)26-22(28)15-24-23(29)18-12-10-17(11-13-18)16-6-3-2-4-7-16/h2-4,6-7,10-14,20H,5,8-9,15H2,1H3,(H,24,29)(H,26,28). The molecule has 2 N–H and O–H groups in total. The summed E-state index contributed by atoms with van der Waals surface area (Å²) in [7, 11) is 1.92. The second-order valence-corrected chi connectivity index (χ2v) is 7.31. The molecule has 0 bridgehead atoms. The molecule has 1 aliphatic rings. The lowest BCUT2D eigenvalue weighted by atomic mass is 9.93. The molecular formula is C23H24N4O2. The number of aryl methyl sites for hydroxylation is 1. The maximum Gasteiger partial charge on any atom is 0.251 e. The maximum atomic E-state index is 12.4. The Bertz CT molecular complexity index is 1010. The highest BCUT2D eigenvalue weighted by molar-refractivity contribution is 5.96. The lowest BCUT2D eigenvalue weighted by Gasteiger charge is -2.23. The van der Waals surface area contributed by atoms with Crippen molar-refractivity contribution in [2.75, 3.05) is 6.54 Å². The number of hydrogen-bond acceptors (Lipinski definition) is 3. The van der Waals surface area contributed by atoms with Crippen LogP contribution >= 0.6 is 0 Å². The predicted octanol–water partition coefficient (Wildman–Crippen LogP) is 3.01. The first-order chi connectivity index (χ1) is 14.1. The minimum Gasteiger partial charge on any atom is -0.348 e. The maximum absolute atomic E-state index is 12.4. The number of rotatable bonds is 5. The summed E-state index contributed by atoms with van der Waals surface area (Å²) in [5.41, 5.74) is 4.93. The monoisotopic (exact) mass is 388 g/mol. The molecule has 6 heteroatoms. The van der Waals surface area contributed by atoms with Crippen LogP contribution in [0.25, 0.3) is 11.1 Å². The molecule has 1 aliphatic carbocycles. The van der Waals surface area contributed by atoms with Crippen LogP contribution in [-0.4, -0.2) is 28.1 Å². The van der Waals surface area contributed by atoms with E-state index < -0.39 is 0 Å². The lowest BCUT2D eigenvalue weighted by Crippen LogP contribution is -2.39. The van der Waals surface area contributed by atoms with Crippen LogP contribution in [0.5, 0.6) is 0 Å². The second kappa shape index (κ2) is 8.31. The van der Waals surface area contributed by atoms with Crippen LogP contribution in [0.15, 0.2) is 60.8 Å². The number of carbonyl (C=O) groups is 2. The highest BCUT2D eigenvalue weighted by atomic mass is 16.2. The van der Waals surface area contributed by atoms with Gasteiger partial charge in [-0.3, -0.25) is 14.3 Å². The van der Waals surface area contributed by atoms with E-state index in [1.165, 1.54) is 5.69 Å². The average Bonchev–Trinajstić information content (AvgIpc) is 3.15. The highest BCUT2D eigenvalue weighted by Crippen LogP contribution is 2.28. The molecule has 0 radical (unpaired) electrons. The molecule has 0 aliphatic heterocycles. The van der Waals surface area contributed by atoms with Gasteiger partial charge in [0.1, 0.15) is 0 Å². The molecule has 1 atom stereocenters. The van der Waals surface area contributed by atoms with E-state index in [-0.39, 0.29) is 24.4 Å². The molecule has 2 aromatic carbocycles. The number of aromatic nitrogens is 2. The van der Waals surface area contributed by atoms with E-state index in [2.05, 4.69) is 15.7 Å². The Kier molecular flexibility index (Phi) is 5.42. The molecule has 0 saturated carbocycles. The Morgan fingerprint density at radius 1 is 1.07 bits per heavy atom. The largest absolute Gasteiger partial charge is 0.348 e. The van der Waals surface area contributed by atoms with Crippen molar-refractivity contribution in [2.24, 2.45) is 7.05 Å². The second-order valence-electron chi connectivity index (χ2n) is 7.31. The van der Waals surface area contributed by atoms with Gasteiger partial charge in [-0.1, -0.05) is 42.5 Å². The van der Waals surface area contributed by atoms with Crippen molar-refractivity contribution >= 4 is 11.8 Å². The number of hydrogen-bond donors (Lipinski definition) is 2. The Morgan fingerprint density at radius 2 is 1.79 bits per heavy atom. The normalized spacial score (nSPS) is 15.4. The zero-order valence-corrected chi connectivity index (χ0v) is 16.4. The minimum absolute atomic E-state index is 0.0398. The van der Waals surface area contributed by atoms with E-state index in [1.807, 2.05) is 60.4 Å². The Morgan fingerprint density at radius 3 is 2.55 bits per heavy atom. The third kappa shape index (κ3) is 4.21. The Balaban J connectivity index is 1.32. The molecule has 2 amide bonds. The van der Waals surface area contributed by atoms with Gasteiger partial charge in [0.15, 0.2) is 0 Å². The summed E-state index contributed by atoms with van der Waals surface area (Å²) in [4.78, 5) is 24.7. The summed E-state index contributed by atoms with van der Waals surface area (Å²) in [5, 5.41) is 10.0. The molecule has 1 heterocycles. The Hall–Kier alpha value is -3.41. The molecule has 1 aromatic heterocycles. The van der Waals surface area contributed by atoms with E-state index in [1.54, 1.807) is 12.1 Å². The molecule has 0 fully saturated rings. The van der Waals surface area contributed by atoms with Gasteiger partial charge in [-0.25, -0.2) is 0 Å². The van der Waals surface area contributed by atoms with Crippen molar-refractivity contribution < 1.29 is 9.59 Å². The average molecular weight is 388 g/mol. The lowest BCUT2D eigenvalue weighted by molar-refractivity contribution is -0.121. The van der Waals surface area contributed by atoms with Crippen LogP contribution in [0.2, 0.25) is 0 Å². The summed E-state index contributed by atoms with van der Waals surface area (Å²) in [6.45, 7) is -0.0502. The first-order valence-electron chi connectivity index (χ1n) is 9.85. The number of nitrogens with zero attached hydrogens (tertiary/aromatic N) is 2. The fourth-order valence-corrected chi connectivity index (χ4v) is 3.81. The number of benzene rings is 2. The van der Waals surface area contributed by atoms with Crippen molar-refractivity contribution in [3.8, 4) is 11.1 Å². The van der Waals surface area contributed by atoms with Crippen LogP contribution in [0.4, 0.5) is 0 Å². The smallest absolute Gasteiger partial charge is 0.251 e. The first-order valence-corrected chi connectivity index (χ1v) is 9.85. The first kappa shape index (κ1) is 18.9. The van der Waals surface area contributed by atoms with E-state index in [0.29, 0.717) is 5.56 Å². The van der Waals surface area contributed by atoms with Gasteiger partial charge in [0.2, 0.25) is 5.91 Å². The van der Waals surface area contributed by atoms with Crippen LogP contribution in [0.3, 0.4) is 0 Å². The SMILES string of the molecule is Cn1ncc2c1CCCC2NC(=O)CNC(=O)c1ccc(-c2ccccc2)cc1. The van der Waals surface area contributed by atoms with Gasteiger partial charge in [0.25, 0.3) is 5.91 Å². The van der Waals surface area contributed by atoms with E-state index in [4.69, 9.17) is 0 Å². The minimum atomic E-state index is -0.259. The summed E-state index contributed by atoms with van der Waals surface area (Å²) in [5.74, 6) is -0.452. The van der Waals surface area contributed by atoms with Gasteiger partial charge in [-0.15, -0.1) is 0 Å².